The summed E-state index contributed by atoms with van der Waals surface area (Å²) < 4.78 is 28.6. The second-order valence-corrected chi connectivity index (χ2v) is 8.85. The van der Waals surface area contributed by atoms with Crippen molar-refractivity contribution in [3.63, 3.8) is 0 Å². The summed E-state index contributed by atoms with van der Waals surface area (Å²) in [5, 5.41) is 3.32. The second kappa shape index (κ2) is 10.9. The van der Waals surface area contributed by atoms with Crippen LogP contribution in [0.2, 0.25) is 0 Å². The molecule has 2 rings (SSSR count). The molecule has 0 aliphatic rings. The predicted molar refractivity (Wildman–Crippen MR) is 118 cm³/mol. The minimum absolute atomic E-state index is 0.341. The predicted octanol–water partition coefficient (Wildman–Crippen LogP) is 3.13. The van der Waals surface area contributed by atoms with Gasteiger partial charge in [-0.1, -0.05) is 24.3 Å². The highest BCUT2D eigenvalue weighted by molar-refractivity contribution is 7.90. The maximum Gasteiger partial charge on any atom is 0.193 e. The van der Waals surface area contributed by atoms with Crippen LogP contribution in [0.5, 0.6) is 5.75 Å². The number of hydrogen-bond donors (Lipinski definition) is 1. The van der Waals surface area contributed by atoms with Crippen LogP contribution in [-0.2, 0) is 22.8 Å². The molecule has 1 N–H and O–H groups in total. The van der Waals surface area contributed by atoms with E-state index in [1.165, 1.54) is 11.8 Å². The van der Waals surface area contributed by atoms with Crippen molar-refractivity contribution in [2.24, 2.45) is 4.99 Å². The minimum Gasteiger partial charge on any atom is -0.494 e. The lowest BCUT2D eigenvalue weighted by Crippen LogP contribution is -2.38. The van der Waals surface area contributed by atoms with Crippen molar-refractivity contribution in [2.75, 3.05) is 33.0 Å². The van der Waals surface area contributed by atoms with E-state index in [0.717, 1.165) is 36.8 Å². The lowest BCUT2D eigenvalue weighted by molar-refractivity contribution is 0.340. The first-order chi connectivity index (χ1) is 13.8. The number of rotatable bonds is 9. The topological polar surface area (TPSA) is 71.0 Å². The quantitative estimate of drug-likeness (QED) is 0.501. The number of nitrogens with zero attached hydrogens (tertiary/aromatic N) is 2. The van der Waals surface area contributed by atoms with Crippen LogP contribution >= 0.6 is 0 Å². The third-order valence-electron chi connectivity index (χ3n) is 4.36. The first-order valence-electron chi connectivity index (χ1n) is 9.83. The van der Waals surface area contributed by atoms with E-state index >= 15 is 0 Å². The van der Waals surface area contributed by atoms with Crippen LogP contribution in [0.1, 0.15) is 25.0 Å². The molecule has 0 heterocycles. The number of sulfone groups is 1. The van der Waals surface area contributed by atoms with Crippen LogP contribution in [0.25, 0.3) is 0 Å². The molecule has 0 bridgehead atoms. The molecule has 2 aromatic rings. The minimum atomic E-state index is -3.16. The maximum atomic E-state index is 11.6. The fourth-order valence-corrected chi connectivity index (χ4v) is 3.50. The Bertz CT molecular complexity index is 892. The zero-order valence-electron chi connectivity index (χ0n) is 17.7. The summed E-state index contributed by atoms with van der Waals surface area (Å²) in [6, 6.07) is 15.1. The van der Waals surface area contributed by atoms with E-state index in [-0.39, 0.29) is 0 Å². The molecule has 158 valence electrons. The summed E-state index contributed by atoms with van der Waals surface area (Å²) in [6.45, 7) is 6.82. The van der Waals surface area contributed by atoms with Crippen LogP contribution in [0, 0.1) is 0 Å². The van der Waals surface area contributed by atoms with Gasteiger partial charge >= 0.3 is 0 Å². The second-order valence-electron chi connectivity index (χ2n) is 6.83. The Kier molecular flexibility index (Phi) is 8.51. The molecule has 0 radical (unpaired) electrons. The SMILES string of the molecule is CCNC(=NCCc1ccc(S(C)(=O)=O)cc1)N(C)Cc1ccc(OCC)cc1. The van der Waals surface area contributed by atoms with Gasteiger partial charge in [-0.25, -0.2) is 8.42 Å². The molecule has 0 saturated heterocycles. The molecule has 2 aromatic carbocycles. The molecule has 0 fully saturated rings. The third-order valence-corrected chi connectivity index (χ3v) is 5.49. The molecule has 7 heteroatoms. The summed E-state index contributed by atoms with van der Waals surface area (Å²) in [7, 11) is -1.15. The first-order valence-corrected chi connectivity index (χ1v) is 11.7. The van der Waals surface area contributed by atoms with Crippen LogP contribution in [0.15, 0.2) is 58.4 Å². The maximum absolute atomic E-state index is 11.6. The van der Waals surface area contributed by atoms with E-state index < -0.39 is 9.84 Å². The molecule has 0 aliphatic carbocycles. The van der Waals surface area contributed by atoms with Crippen LogP contribution in [0.3, 0.4) is 0 Å². The number of hydrogen-bond acceptors (Lipinski definition) is 4. The van der Waals surface area contributed by atoms with Gasteiger partial charge in [-0.05, 0) is 55.7 Å². The van der Waals surface area contributed by atoms with Crippen LogP contribution in [-0.4, -0.2) is 52.3 Å². The van der Waals surface area contributed by atoms with Gasteiger partial charge < -0.3 is 15.0 Å². The molecule has 29 heavy (non-hydrogen) atoms. The molecular formula is C22H31N3O3S. The van der Waals surface area contributed by atoms with Crippen molar-refractivity contribution in [3.8, 4) is 5.75 Å². The van der Waals surface area contributed by atoms with E-state index in [1.807, 2.05) is 45.2 Å². The summed E-state index contributed by atoms with van der Waals surface area (Å²) in [5.41, 5.74) is 2.24. The molecule has 0 unspecified atom stereocenters. The average Bonchev–Trinajstić information content (AvgIpc) is 2.69. The van der Waals surface area contributed by atoms with Crippen molar-refractivity contribution in [2.45, 2.75) is 31.7 Å². The molecule has 0 atom stereocenters. The highest BCUT2D eigenvalue weighted by Crippen LogP contribution is 2.14. The number of aliphatic imine (C=N–C) groups is 1. The third kappa shape index (κ3) is 7.42. The van der Waals surface area contributed by atoms with Gasteiger partial charge in [0, 0.05) is 32.9 Å². The van der Waals surface area contributed by atoms with Crippen molar-refractivity contribution < 1.29 is 13.2 Å². The molecule has 0 saturated carbocycles. The van der Waals surface area contributed by atoms with Gasteiger partial charge in [0.1, 0.15) is 5.75 Å². The fourth-order valence-electron chi connectivity index (χ4n) is 2.87. The van der Waals surface area contributed by atoms with Gasteiger partial charge in [0.25, 0.3) is 0 Å². The van der Waals surface area contributed by atoms with E-state index in [0.29, 0.717) is 18.0 Å². The molecule has 0 amide bonds. The summed E-state index contributed by atoms with van der Waals surface area (Å²) >= 11 is 0. The highest BCUT2D eigenvalue weighted by Gasteiger charge is 2.08. The largest absolute Gasteiger partial charge is 0.494 e. The lowest BCUT2D eigenvalue weighted by Gasteiger charge is -2.22. The lowest BCUT2D eigenvalue weighted by atomic mass is 10.1. The van der Waals surface area contributed by atoms with Crippen molar-refractivity contribution in [1.29, 1.82) is 0 Å². The Morgan fingerprint density at radius 2 is 1.66 bits per heavy atom. The van der Waals surface area contributed by atoms with Gasteiger partial charge in [0.2, 0.25) is 0 Å². The zero-order valence-corrected chi connectivity index (χ0v) is 18.5. The van der Waals surface area contributed by atoms with Gasteiger partial charge in [0.15, 0.2) is 15.8 Å². The first kappa shape index (κ1) is 22.7. The Balaban J connectivity index is 1.97. The molecular weight excluding hydrogens is 386 g/mol. The van der Waals surface area contributed by atoms with Gasteiger partial charge in [0.05, 0.1) is 11.5 Å². The Hall–Kier alpha value is -2.54. The Morgan fingerprint density at radius 3 is 2.21 bits per heavy atom. The Labute approximate surface area is 174 Å². The molecule has 0 spiro atoms. The number of nitrogens with one attached hydrogen (secondary N) is 1. The number of benzene rings is 2. The van der Waals surface area contributed by atoms with Crippen molar-refractivity contribution >= 4 is 15.8 Å². The van der Waals surface area contributed by atoms with Gasteiger partial charge in [-0.2, -0.15) is 0 Å². The summed E-state index contributed by atoms with van der Waals surface area (Å²) in [5.74, 6) is 1.72. The van der Waals surface area contributed by atoms with Crippen molar-refractivity contribution in [3.05, 3.63) is 59.7 Å². The van der Waals surface area contributed by atoms with Crippen LogP contribution < -0.4 is 10.1 Å². The number of guanidine groups is 1. The number of ether oxygens (including phenoxy) is 1. The smallest absolute Gasteiger partial charge is 0.193 e. The van der Waals surface area contributed by atoms with Crippen molar-refractivity contribution in [1.82, 2.24) is 10.2 Å². The molecule has 0 aromatic heterocycles. The highest BCUT2D eigenvalue weighted by atomic mass is 32.2. The summed E-state index contributed by atoms with van der Waals surface area (Å²) in [6.07, 6.45) is 1.96. The fraction of sp³-hybridized carbons (Fsp3) is 0.409. The molecule has 0 aliphatic heterocycles. The standard InChI is InChI=1S/C22H31N3O3S/c1-5-23-22(25(3)17-19-7-11-20(12-8-19)28-6-2)24-16-15-18-9-13-21(14-10-18)29(4,26)27/h7-14H,5-6,15-17H2,1-4H3,(H,23,24). The summed E-state index contributed by atoms with van der Waals surface area (Å²) in [4.78, 5) is 7.14. The van der Waals surface area contributed by atoms with E-state index in [9.17, 15) is 8.42 Å². The van der Waals surface area contributed by atoms with Gasteiger partial charge in [-0.3, -0.25) is 4.99 Å². The van der Waals surface area contributed by atoms with E-state index in [1.54, 1.807) is 12.1 Å². The molecule has 6 nitrogen and oxygen atoms in total. The van der Waals surface area contributed by atoms with Crippen LogP contribution in [0.4, 0.5) is 0 Å². The Morgan fingerprint density at radius 1 is 1.03 bits per heavy atom. The van der Waals surface area contributed by atoms with E-state index in [2.05, 4.69) is 22.3 Å². The van der Waals surface area contributed by atoms with Gasteiger partial charge in [-0.15, -0.1) is 0 Å². The van der Waals surface area contributed by atoms with E-state index in [4.69, 9.17) is 9.73 Å². The normalized spacial score (nSPS) is 11.9. The zero-order chi connectivity index (χ0) is 21.3. The monoisotopic (exact) mass is 417 g/mol. The average molecular weight is 418 g/mol.